The second-order valence-corrected chi connectivity index (χ2v) is 9.12. The quantitative estimate of drug-likeness (QED) is 0.891. The Morgan fingerprint density at radius 3 is 2.36 bits per heavy atom. The number of nitrogens with one attached hydrogen (secondary N) is 1. The zero-order valence-corrected chi connectivity index (χ0v) is 16.8. The van der Waals surface area contributed by atoms with Gasteiger partial charge in [-0.3, -0.25) is 9.69 Å². The number of carbonyl (C=O) groups is 1. The van der Waals surface area contributed by atoms with Crippen molar-refractivity contribution in [2.75, 3.05) is 39.8 Å². The molecule has 140 valence electrons. The fourth-order valence-corrected chi connectivity index (χ4v) is 3.58. The molecule has 1 aliphatic heterocycles. The van der Waals surface area contributed by atoms with Crippen LogP contribution in [0.3, 0.4) is 0 Å². The molecule has 1 heterocycles. The molecule has 1 unspecified atom stereocenters. The van der Waals surface area contributed by atoms with Gasteiger partial charge in [0.05, 0.1) is 6.54 Å². The van der Waals surface area contributed by atoms with Gasteiger partial charge >= 0.3 is 0 Å². The molecule has 0 radical (unpaired) electrons. The van der Waals surface area contributed by atoms with E-state index in [-0.39, 0.29) is 16.7 Å². The van der Waals surface area contributed by atoms with Crippen LogP contribution in [0.2, 0.25) is 0 Å². The summed E-state index contributed by atoms with van der Waals surface area (Å²) in [6.45, 7) is 15.3. The minimum atomic E-state index is -0.0625. The molecule has 1 N–H and O–H groups in total. The average Bonchev–Trinajstić information content (AvgIpc) is 2.55. The van der Waals surface area contributed by atoms with Crippen LogP contribution in [0.4, 0.5) is 0 Å². The van der Waals surface area contributed by atoms with E-state index in [0.717, 1.165) is 19.6 Å². The van der Waals surface area contributed by atoms with Crippen molar-refractivity contribution >= 4 is 5.91 Å². The standard InChI is InChI=1S/C21H35N3O/c1-20(2,3)18-14-24(13-12-23(18)6)15-19(25)22-16-21(4,5)17-10-8-7-9-11-17/h7-11,18H,12-16H2,1-6H3,(H,22,25). The number of hydrogen-bond donors (Lipinski definition) is 1. The highest BCUT2D eigenvalue weighted by Crippen LogP contribution is 2.26. The van der Waals surface area contributed by atoms with Crippen LogP contribution >= 0.6 is 0 Å². The van der Waals surface area contributed by atoms with Gasteiger partial charge in [-0.05, 0) is 18.0 Å². The number of likely N-dealkylation sites (N-methyl/N-ethyl adjacent to an activating group) is 1. The lowest BCUT2D eigenvalue weighted by atomic mass is 9.84. The Bertz CT molecular complexity index is 562. The van der Waals surface area contributed by atoms with E-state index in [2.05, 4.69) is 81.0 Å². The first-order valence-corrected chi connectivity index (χ1v) is 9.34. The van der Waals surface area contributed by atoms with Crippen LogP contribution < -0.4 is 5.32 Å². The summed E-state index contributed by atoms with van der Waals surface area (Å²) in [6, 6.07) is 10.9. The number of rotatable bonds is 5. The zero-order chi connectivity index (χ0) is 18.7. The van der Waals surface area contributed by atoms with Crippen molar-refractivity contribution in [2.24, 2.45) is 5.41 Å². The second kappa shape index (κ2) is 7.88. The van der Waals surface area contributed by atoms with Crippen molar-refractivity contribution in [1.29, 1.82) is 0 Å². The Kier molecular flexibility index (Phi) is 6.28. The third-order valence-electron chi connectivity index (χ3n) is 5.38. The molecule has 25 heavy (non-hydrogen) atoms. The van der Waals surface area contributed by atoms with Crippen molar-refractivity contribution in [2.45, 2.75) is 46.1 Å². The predicted octanol–water partition coefficient (Wildman–Crippen LogP) is 2.74. The summed E-state index contributed by atoms with van der Waals surface area (Å²) in [6.07, 6.45) is 0. The maximum atomic E-state index is 12.5. The summed E-state index contributed by atoms with van der Waals surface area (Å²) in [5.41, 5.74) is 1.41. The van der Waals surface area contributed by atoms with Crippen molar-refractivity contribution in [1.82, 2.24) is 15.1 Å². The molecule has 2 rings (SSSR count). The molecule has 1 amide bonds. The summed E-state index contributed by atoms with van der Waals surface area (Å²) < 4.78 is 0. The van der Waals surface area contributed by atoms with E-state index in [1.807, 2.05) is 6.07 Å². The lowest BCUT2D eigenvalue weighted by Crippen LogP contribution is -2.58. The molecule has 4 nitrogen and oxygen atoms in total. The van der Waals surface area contributed by atoms with E-state index < -0.39 is 0 Å². The summed E-state index contributed by atoms with van der Waals surface area (Å²) in [7, 11) is 2.19. The Morgan fingerprint density at radius 2 is 1.76 bits per heavy atom. The minimum Gasteiger partial charge on any atom is -0.354 e. The van der Waals surface area contributed by atoms with Crippen molar-refractivity contribution in [3.63, 3.8) is 0 Å². The van der Waals surface area contributed by atoms with Crippen molar-refractivity contribution in [3.8, 4) is 0 Å². The van der Waals surface area contributed by atoms with Gasteiger partial charge in [-0.15, -0.1) is 0 Å². The molecule has 1 atom stereocenters. The van der Waals surface area contributed by atoms with Gasteiger partial charge in [-0.2, -0.15) is 0 Å². The van der Waals surface area contributed by atoms with E-state index in [0.29, 0.717) is 19.1 Å². The third kappa shape index (κ3) is 5.55. The molecule has 0 aromatic heterocycles. The molecular weight excluding hydrogens is 310 g/mol. The average molecular weight is 346 g/mol. The topological polar surface area (TPSA) is 35.6 Å². The zero-order valence-electron chi connectivity index (χ0n) is 16.8. The van der Waals surface area contributed by atoms with Gasteiger partial charge in [-0.25, -0.2) is 0 Å². The van der Waals surface area contributed by atoms with Crippen LogP contribution in [-0.4, -0.2) is 61.5 Å². The molecule has 0 bridgehead atoms. The molecule has 0 saturated carbocycles. The van der Waals surface area contributed by atoms with Crippen molar-refractivity contribution < 1.29 is 4.79 Å². The Balaban J connectivity index is 1.86. The van der Waals surface area contributed by atoms with E-state index in [1.54, 1.807) is 0 Å². The maximum Gasteiger partial charge on any atom is 0.234 e. The molecule has 1 saturated heterocycles. The lowest BCUT2D eigenvalue weighted by Gasteiger charge is -2.45. The van der Waals surface area contributed by atoms with Crippen LogP contribution in [0, 0.1) is 5.41 Å². The Labute approximate surface area is 153 Å². The molecule has 1 aliphatic rings. The number of benzene rings is 1. The van der Waals surface area contributed by atoms with Crippen LogP contribution in [0.15, 0.2) is 30.3 Å². The van der Waals surface area contributed by atoms with Crippen molar-refractivity contribution in [3.05, 3.63) is 35.9 Å². The molecule has 0 spiro atoms. The fraction of sp³-hybridized carbons (Fsp3) is 0.667. The molecule has 1 aromatic rings. The SMILES string of the molecule is CN1CCN(CC(=O)NCC(C)(C)c2ccccc2)CC1C(C)(C)C. The lowest BCUT2D eigenvalue weighted by molar-refractivity contribution is -0.123. The number of amides is 1. The monoisotopic (exact) mass is 345 g/mol. The largest absolute Gasteiger partial charge is 0.354 e. The minimum absolute atomic E-state index is 0.0625. The number of piperazine rings is 1. The summed E-state index contributed by atoms with van der Waals surface area (Å²) in [4.78, 5) is 17.2. The van der Waals surface area contributed by atoms with Crippen LogP contribution in [0.25, 0.3) is 0 Å². The highest BCUT2D eigenvalue weighted by atomic mass is 16.2. The number of nitrogens with zero attached hydrogens (tertiary/aromatic N) is 2. The van der Waals surface area contributed by atoms with Crippen LogP contribution in [0.1, 0.15) is 40.2 Å². The first kappa shape index (κ1) is 19.9. The van der Waals surface area contributed by atoms with Gasteiger partial charge < -0.3 is 10.2 Å². The Hall–Kier alpha value is -1.39. The molecule has 1 fully saturated rings. The molecule has 1 aromatic carbocycles. The molecule has 4 heteroatoms. The smallest absolute Gasteiger partial charge is 0.234 e. The number of hydrogen-bond acceptors (Lipinski definition) is 3. The molecule has 0 aliphatic carbocycles. The van der Waals surface area contributed by atoms with Crippen LogP contribution in [-0.2, 0) is 10.2 Å². The first-order chi connectivity index (χ1) is 11.6. The van der Waals surface area contributed by atoms with E-state index in [9.17, 15) is 4.79 Å². The normalized spacial score (nSPS) is 20.5. The predicted molar refractivity (Wildman–Crippen MR) is 105 cm³/mol. The highest BCUT2D eigenvalue weighted by molar-refractivity contribution is 5.78. The summed E-state index contributed by atoms with van der Waals surface area (Å²) in [5, 5.41) is 3.14. The van der Waals surface area contributed by atoms with Gasteiger partial charge in [0.1, 0.15) is 0 Å². The maximum absolute atomic E-state index is 12.5. The Morgan fingerprint density at radius 1 is 1.12 bits per heavy atom. The fourth-order valence-electron chi connectivity index (χ4n) is 3.58. The highest BCUT2D eigenvalue weighted by Gasteiger charge is 2.33. The van der Waals surface area contributed by atoms with Gasteiger partial charge in [0.25, 0.3) is 0 Å². The molecular formula is C21H35N3O. The van der Waals surface area contributed by atoms with Gasteiger partial charge in [0.15, 0.2) is 0 Å². The van der Waals surface area contributed by atoms with E-state index in [1.165, 1.54) is 5.56 Å². The summed E-state index contributed by atoms with van der Waals surface area (Å²) in [5.74, 6) is 0.126. The second-order valence-electron chi connectivity index (χ2n) is 9.12. The van der Waals surface area contributed by atoms with Gasteiger partial charge in [-0.1, -0.05) is 65.0 Å². The first-order valence-electron chi connectivity index (χ1n) is 9.34. The van der Waals surface area contributed by atoms with Gasteiger partial charge in [0, 0.05) is 37.6 Å². The van der Waals surface area contributed by atoms with E-state index >= 15 is 0 Å². The van der Waals surface area contributed by atoms with Gasteiger partial charge in [0.2, 0.25) is 5.91 Å². The summed E-state index contributed by atoms with van der Waals surface area (Å²) >= 11 is 0. The number of carbonyl (C=O) groups excluding carboxylic acids is 1. The van der Waals surface area contributed by atoms with Crippen LogP contribution in [0.5, 0.6) is 0 Å². The van der Waals surface area contributed by atoms with E-state index in [4.69, 9.17) is 0 Å². The third-order valence-corrected chi connectivity index (χ3v) is 5.38.